The van der Waals surface area contributed by atoms with Gasteiger partial charge in [-0.2, -0.15) is 0 Å². The second-order valence-corrected chi connectivity index (χ2v) is 10.6. The first-order chi connectivity index (χ1) is 14.4. The van der Waals surface area contributed by atoms with Crippen LogP contribution >= 0.6 is 22.9 Å². The van der Waals surface area contributed by atoms with Gasteiger partial charge in [-0.3, -0.25) is 15.0 Å². The average Bonchev–Trinajstić information content (AvgIpc) is 3.19. The van der Waals surface area contributed by atoms with E-state index in [4.69, 9.17) is 11.6 Å². The highest BCUT2D eigenvalue weighted by molar-refractivity contribution is 7.91. The number of amides is 1. The molecule has 2 heterocycles. The first-order valence-electron chi connectivity index (χ1n) is 9.32. The third-order valence-electron chi connectivity index (χ3n) is 4.87. The smallest absolute Gasteiger partial charge is 0.248 e. The van der Waals surface area contributed by atoms with Crippen molar-refractivity contribution in [1.29, 1.82) is 0 Å². The van der Waals surface area contributed by atoms with Crippen LogP contribution in [0.3, 0.4) is 0 Å². The van der Waals surface area contributed by atoms with Gasteiger partial charge in [-0.1, -0.05) is 71.5 Å². The predicted molar refractivity (Wildman–Crippen MR) is 118 cm³/mol. The lowest BCUT2D eigenvalue weighted by atomic mass is 10.0. The van der Waals surface area contributed by atoms with Gasteiger partial charge >= 0.3 is 0 Å². The maximum Gasteiger partial charge on any atom is 0.248 e. The van der Waals surface area contributed by atoms with Gasteiger partial charge in [0.05, 0.1) is 16.5 Å². The lowest BCUT2D eigenvalue weighted by Crippen LogP contribution is -2.46. The molecule has 1 aromatic heterocycles. The molecule has 4 rings (SSSR count). The van der Waals surface area contributed by atoms with Crippen molar-refractivity contribution in [3.05, 3.63) is 65.2 Å². The maximum absolute atomic E-state index is 13.2. The van der Waals surface area contributed by atoms with Gasteiger partial charge < -0.3 is 0 Å². The summed E-state index contributed by atoms with van der Waals surface area (Å²) in [6.45, 7) is 0.604. The van der Waals surface area contributed by atoms with Crippen molar-refractivity contribution in [1.82, 2.24) is 15.1 Å². The number of aromatic nitrogens is 2. The van der Waals surface area contributed by atoms with Crippen LogP contribution in [0.5, 0.6) is 0 Å². The van der Waals surface area contributed by atoms with Crippen LogP contribution in [-0.2, 0) is 14.6 Å². The summed E-state index contributed by atoms with van der Waals surface area (Å²) in [5, 5.41) is 12.6. The number of hydrogen-bond acceptors (Lipinski definition) is 7. The third kappa shape index (κ3) is 4.70. The SMILES string of the molecule is O=C(Nc1nnc(-c2ccccc2Cl)s1)C(c1ccccc1)N1CCS(=O)(=O)CC1. The zero-order chi connectivity index (χ0) is 21.1. The van der Waals surface area contributed by atoms with Crippen molar-refractivity contribution in [3.8, 4) is 10.6 Å². The topological polar surface area (TPSA) is 92.3 Å². The van der Waals surface area contributed by atoms with Gasteiger partial charge in [-0.25, -0.2) is 8.42 Å². The minimum atomic E-state index is -3.05. The summed E-state index contributed by atoms with van der Waals surface area (Å²) >= 11 is 7.46. The fraction of sp³-hybridized carbons (Fsp3) is 0.250. The minimum absolute atomic E-state index is 0.0407. The van der Waals surface area contributed by atoms with Crippen LogP contribution < -0.4 is 5.32 Å². The lowest BCUT2D eigenvalue weighted by Gasteiger charge is -2.33. The number of nitrogens with zero attached hydrogens (tertiary/aromatic N) is 3. The van der Waals surface area contributed by atoms with Gasteiger partial charge in [0.25, 0.3) is 0 Å². The standard InChI is InChI=1S/C20H19ClN4O3S2/c21-16-9-5-4-8-15(16)19-23-24-20(29-19)22-18(26)17(14-6-2-1-3-7-14)25-10-12-30(27,28)13-11-25/h1-9,17H,10-13H2,(H,22,24,26). The first kappa shape index (κ1) is 20.9. The average molecular weight is 463 g/mol. The van der Waals surface area contributed by atoms with Crippen molar-refractivity contribution in [3.63, 3.8) is 0 Å². The van der Waals surface area contributed by atoms with Crippen molar-refractivity contribution in [2.45, 2.75) is 6.04 Å². The minimum Gasteiger partial charge on any atom is -0.299 e. The molecule has 1 aliphatic rings. The number of halogens is 1. The van der Waals surface area contributed by atoms with E-state index in [9.17, 15) is 13.2 Å². The lowest BCUT2D eigenvalue weighted by molar-refractivity contribution is -0.121. The summed E-state index contributed by atoms with van der Waals surface area (Å²) in [7, 11) is -3.05. The van der Waals surface area contributed by atoms with Crippen molar-refractivity contribution in [2.24, 2.45) is 0 Å². The highest BCUT2D eigenvalue weighted by Gasteiger charge is 2.33. The second kappa shape index (κ2) is 8.81. The van der Waals surface area contributed by atoms with Crippen LogP contribution in [-0.4, -0.2) is 54.0 Å². The summed E-state index contributed by atoms with van der Waals surface area (Å²) in [6.07, 6.45) is 0. The second-order valence-electron chi connectivity index (χ2n) is 6.88. The van der Waals surface area contributed by atoms with Crippen molar-refractivity contribution < 1.29 is 13.2 Å². The molecule has 0 radical (unpaired) electrons. The van der Waals surface area contributed by atoms with E-state index in [2.05, 4.69) is 15.5 Å². The summed E-state index contributed by atoms with van der Waals surface area (Å²) in [4.78, 5) is 15.1. The highest BCUT2D eigenvalue weighted by Crippen LogP contribution is 2.32. The largest absolute Gasteiger partial charge is 0.299 e. The van der Waals surface area contributed by atoms with E-state index in [1.54, 1.807) is 6.07 Å². The quantitative estimate of drug-likeness (QED) is 0.625. The summed E-state index contributed by atoms with van der Waals surface area (Å²) in [5.74, 6) is -0.194. The maximum atomic E-state index is 13.2. The number of anilines is 1. The van der Waals surface area contributed by atoms with Gasteiger partial charge in [0.15, 0.2) is 14.8 Å². The molecule has 2 aromatic carbocycles. The van der Waals surface area contributed by atoms with Crippen LogP contribution in [0.2, 0.25) is 5.02 Å². The number of sulfone groups is 1. The molecule has 1 aliphatic heterocycles. The molecule has 1 atom stereocenters. The molecule has 30 heavy (non-hydrogen) atoms. The Labute approximate surface area is 183 Å². The van der Waals surface area contributed by atoms with Gasteiger partial charge in [0.1, 0.15) is 6.04 Å². The number of benzene rings is 2. The molecule has 0 saturated carbocycles. The molecule has 10 heteroatoms. The Morgan fingerprint density at radius 1 is 1.03 bits per heavy atom. The Balaban J connectivity index is 1.56. The number of rotatable bonds is 5. The molecule has 1 fully saturated rings. The summed E-state index contributed by atoms with van der Waals surface area (Å²) < 4.78 is 23.7. The van der Waals surface area contributed by atoms with E-state index in [-0.39, 0.29) is 17.4 Å². The fourth-order valence-corrected chi connectivity index (χ4v) is 5.64. The van der Waals surface area contributed by atoms with Gasteiger partial charge in [0.2, 0.25) is 11.0 Å². The Kier molecular flexibility index (Phi) is 6.14. The number of carbonyl (C=O) groups is 1. The van der Waals surface area contributed by atoms with Gasteiger partial charge in [-0.05, 0) is 11.6 Å². The predicted octanol–water partition coefficient (Wildman–Crippen LogP) is 3.27. The van der Waals surface area contributed by atoms with E-state index in [0.717, 1.165) is 11.1 Å². The van der Waals surface area contributed by atoms with E-state index in [1.165, 1.54) is 11.3 Å². The molecular formula is C20H19ClN4O3S2. The molecule has 1 N–H and O–H groups in total. The van der Waals surface area contributed by atoms with E-state index in [1.807, 2.05) is 53.4 Å². The zero-order valence-corrected chi connectivity index (χ0v) is 18.3. The third-order valence-corrected chi connectivity index (χ3v) is 7.68. The summed E-state index contributed by atoms with van der Waals surface area (Å²) in [6, 6.07) is 16.0. The Morgan fingerprint density at radius 3 is 2.40 bits per heavy atom. The van der Waals surface area contributed by atoms with E-state index < -0.39 is 15.9 Å². The molecule has 0 spiro atoms. The number of nitrogens with one attached hydrogen (secondary N) is 1. The number of hydrogen-bond donors (Lipinski definition) is 1. The highest BCUT2D eigenvalue weighted by atomic mass is 35.5. The molecule has 1 amide bonds. The Hall–Kier alpha value is -2.33. The Bertz CT molecular complexity index is 1140. The Morgan fingerprint density at radius 2 is 1.70 bits per heavy atom. The van der Waals surface area contributed by atoms with Crippen LogP contribution in [0, 0.1) is 0 Å². The molecule has 0 aliphatic carbocycles. The molecule has 156 valence electrons. The molecule has 1 unspecified atom stereocenters. The van der Waals surface area contributed by atoms with Crippen molar-refractivity contribution >= 4 is 43.8 Å². The van der Waals surface area contributed by atoms with Crippen LogP contribution in [0.15, 0.2) is 54.6 Å². The molecule has 3 aromatic rings. The zero-order valence-electron chi connectivity index (χ0n) is 15.9. The fourth-order valence-electron chi connectivity index (χ4n) is 3.34. The van der Waals surface area contributed by atoms with Gasteiger partial charge in [0, 0.05) is 18.7 Å². The van der Waals surface area contributed by atoms with E-state index >= 15 is 0 Å². The molecule has 7 nitrogen and oxygen atoms in total. The van der Waals surface area contributed by atoms with E-state index in [0.29, 0.717) is 28.3 Å². The summed E-state index contributed by atoms with van der Waals surface area (Å²) in [5.41, 5.74) is 1.54. The van der Waals surface area contributed by atoms with Crippen LogP contribution in [0.1, 0.15) is 11.6 Å². The molecular weight excluding hydrogens is 444 g/mol. The van der Waals surface area contributed by atoms with Crippen LogP contribution in [0.4, 0.5) is 5.13 Å². The normalized spacial score (nSPS) is 17.4. The number of carbonyl (C=O) groups excluding carboxylic acids is 1. The molecule has 0 bridgehead atoms. The van der Waals surface area contributed by atoms with Crippen LogP contribution in [0.25, 0.3) is 10.6 Å². The monoisotopic (exact) mass is 462 g/mol. The first-order valence-corrected chi connectivity index (χ1v) is 12.3. The molecule has 1 saturated heterocycles. The van der Waals surface area contributed by atoms with Crippen molar-refractivity contribution in [2.75, 3.05) is 29.9 Å². The van der Waals surface area contributed by atoms with Gasteiger partial charge in [-0.15, -0.1) is 10.2 Å².